The van der Waals surface area contributed by atoms with E-state index < -0.39 is 0 Å². The maximum atomic E-state index is 13.4. The number of hydrogen-bond donors (Lipinski definition) is 2. The number of fused-ring (bicyclic) bond motifs is 1. The van der Waals surface area contributed by atoms with Gasteiger partial charge in [-0.05, 0) is 53.6 Å². The van der Waals surface area contributed by atoms with Crippen molar-refractivity contribution in [3.05, 3.63) is 100 Å². The maximum absolute atomic E-state index is 13.4. The molecule has 7 heteroatoms. The van der Waals surface area contributed by atoms with Crippen LogP contribution in [-0.4, -0.2) is 38.0 Å². The first kappa shape index (κ1) is 24.1. The standard InChI is InChI=1S/C29H28ClN3O3/c30-24-13-9-22(10-14-24)20-33-25-5-1-2-6-26(25)36-27(29(33)35)19-21-7-11-23(12-8-21)28(34)31-15-18-32-16-3-4-17-32/h1-2,5-14,19H,3-4,15-18,20H2,(H,31,34)/p+1. The van der Waals surface area contributed by atoms with Crippen molar-refractivity contribution in [3.63, 3.8) is 0 Å². The minimum atomic E-state index is -0.227. The van der Waals surface area contributed by atoms with E-state index in [-0.39, 0.29) is 17.6 Å². The number of hydrogen-bond acceptors (Lipinski definition) is 3. The number of anilines is 1. The first-order chi connectivity index (χ1) is 17.6. The van der Waals surface area contributed by atoms with Crippen molar-refractivity contribution in [1.29, 1.82) is 0 Å². The molecule has 5 rings (SSSR count). The van der Waals surface area contributed by atoms with Gasteiger partial charge in [0.1, 0.15) is 0 Å². The average molecular weight is 503 g/mol. The van der Waals surface area contributed by atoms with Crippen LogP contribution in [0, 0.1) is 0 Å². The molecule has 36 heavy (non-hydrogen) atoms. The van der Waals surface area contributed by atoms with Crippen LogP contribution in [0.5, 0.6) is 5.75 Å². The Hall–Kier alpha value is -3.61. The van der Waals surface area contributed by atoms with Gasteiger partial charge in [-0.15, -0.1) is 0 Å². The van der Waals surface area contributed by atoms with Crippen LogP contribution in [0.3, 0.4) is 0 Å². The van der Waals surface area contributed by atoms with Crippen molar-refractivity contribution in [1.82, 2.24) is 5.32 Å². The molecule has 0 radical (unpaired) electrons. The van der Waals surface area contributed by atoms with Crippen molar-refractivity contribution >= 4 is 35.2 Å². The Morgan fingerprint density at radius 3 is 2.47 bits per heavy atom. The second-order valence-corrected chi connectivity index (χ2v) is 9.62. The van der Waals surface area contributed by atoms with Crippen LogP contribution in [0.15, 0.2) is 78.6 Å². The lowest BCUT2D eigenvalue weighted by Gasteiger charge is -2.30. The van der Waals surface area contributed by atoms with Gasteiger partial charge in [0.15, 0.2) is 11.5 Å². The SMILES string of the molecule is O=C(NCC[NH+]1CCCC1)c1ccc(C=C2Oc3ccccc3N(Cc3ccc(Cl)cc3)C2=O)cc1. The van der Waals surface area contributed by atoms with Crippen LogP contribution in [0.4, 0.5) is 5.69 Å². The molecule has 1 fully saturated rings. The third-order valence-electron chi connectivity index (χ3n) is 6.63. The van der Waals surface area contributed by atoms with Crippen molar-refractivity contribution in [2.24, 2.45) is 0 Å². The van der Waals surface area contributed by atoms with Gasteiger partial charge in [0.25, 0.3) is 11.8 Å². The van der Waals surface area contributed by atoms with Gasteiger partial charge in [0.2, 0.25) is 0 Å². The highest BCUT2D eigenvalue weighted by Gasteiger charge is 2.30. The van der Waals surface area contributed by atoms with Crippen molar-refractivity contribution < 1.29 is 19.2 Å². The van der Waals surface area contributed by atoms with Gasteiger partial charge in [0.05, 0.1) is 38.4 Å². The minimum Gasteiger partial charge on any atom is -0.449 e. The number of quaternary nitrogens is 1. The average Bonchev–Trinajstić information content (AvgIpc) is 3.42. The molecule has 2 aliphatic rings. The zero-order valence-corrected chi connectivity index (χ0v) is 20.8. The predicted molar refractivity (Wildman–Crippen MR) is 141 cm³/mol. The van der Waals surface area contributed by atoms with Crippen LogP contribution in [0.25, 0.3) is 6.08 Å². The molecule has 0 unspecified atom stereocenters. The van der Waals surface area contributed by atoms with Gasteiger partial charge in [-0.25, -0.2) is 0 Å². The number of ether oxygens (including phenoxy) is 1. The molecule has 0 aliphatic carbocycles. The number of amides is 2. The molecule has 0 saturated carbocycles. The molecule has 0 spiro atoms. The second kappa shape index (κ2) is 11.0. The molecule has 2 aliphatic heterocycles. The normalized spacial score (nSPS) is 16.6. The first-order valence-corrected chi connectivity index (χ1v) is 12.7. The van der Waals surface area contributed by atoms with E-state index >= 15 is 0 Å². The Morgan fingerprint density at radius 2 is 1.72 bits per heavy atom. The fourth-order valence-corrected chi connectivity index (χ4v) is 4.78. The number of nitrogens with one attached hydrogen (secondary N) is 2. The Balaban J connectivity index is 1.29. The Kier molecular flexibility index (Phi) is 7.35. The summed E-state index contributed by atoms with van der Waals surface area (Å²) in [7, 11) is 0. The summed E-state index contributed by atoms with van der Waals surface area (Å²) in [6.07, 6.45) is 4.26. The molecule has 0 aromatic heterocycles. The highest BCUT2D eigenvalue weighted by molar-refractivity contribution is 6.30. The van der Waals surface area contributed by atoms with Gasteiger partial charge >= 0.3 is 0 Å². The van der Waals surface area contributed by atoms with Crippen LogP contribution >= 0.6 is 11.6 Å². The molecule has 0 bridgehead atoms. The number of nitrogens with zero attached hydrogens (tertiary/aromatic N) is 1. The summed E-state index contributed by atoms with van der Waals surface area (Å²) in [5.74, 6) is 0.539. The van der Waals surface area contributed by atoms with Gasteiger partial charge in [-0.1, -0.05) is 48.0 Å². The molecular weight excluding hydrogens is 474 g/mol. The van der Waals surface area contributed by atoms with E-state index in [9.17, 15) is 9.59 Å². The van der Waals surface area contributed by atoms with Gasteiger partial charge < -0.3 is 15.0 Å². The fraction of sp³-hybridized carbons (Fsp3) is 0.241. The Labute approximate surface area is 216 Å². The van der Waals surface area contributed by atoms with Gasteiger partial charge in [-0.3, -0.25) is 14.5 Å². The minimum absolute atomic E-state index is 0.0825. The molecule has 2 heterocycles. The molecule has 3 aromatic carbocycles. The summed E-state index contributed by atoms with van der Waals surface area (Å²) in [6.45, 7) is 4.42. The molecular formula is C29H29ClN3O3+. The third kappa shape index (κ3) is 5.61. The molecule has 184 valence electrons. The zero-order valence-electron chi connectivity index (χ0n) is 20.0. The molecule has 2 N–H and O–H groups in total. The van der Waals surface area contributed by atoms with Crippen molar-refractivity contribution in [3.8, 4) is 5.75 Å². The van der Waals surface area contributed by atoms with Gasteiger partial charge in [0, 0.05) is 23.4 Å². The number of likely N-dealkylation sites (tertiary alicyclic amines) is 1. The topological polar surface area (TPSA) is 63.1 Å². The van der Waals surface area contributed by atoms with E-state index in [0.717, 1.165) is 23.4 Å². The Morgan fingerprint density at radius 1 is 1.00 bits per heavy atom. The molecule has 3 aromatic rings. The van der Waals surface area contributed by atoms with E-state index in [1.54, 1.807) is 28.0 Å². The smallest absolute Gasteiger partial charge is 0.294 e. The number of rotatable bonds is 7. The summed E-state index contributed by atoms with van der Waals surface area (Å²) in [6, 6.07) is 22.1. The van der Waals surface area contributed by atoms with E-state index in [1.807, 2.05) is 60.7 Å². The number of benzene rings is 3. The summed E-state index contributed by atoms with van der Waals surface area (Å²) < 4.78 is 5.98. The maximum Gasteiger partial charge on any atom is 0.294 e. The lowest BCUT2D eigenvalue weighted by molar-refractivity contribution is -0.886. The van der Waals surface area contributed by atoms with E-state index in [1.165, 1.54) is 25.9 Å². The second-order valence-electron chi connectivity index (χ2n) is 9.18. The molecule has 2 amide bonds. The highest BCUT2D eigenvalue weighted by Crippen LogP contribution is 2.36. The van der Waals surface area contributed by atoms with E-state index in [2.05, 4.69) is 5.32 Å². The van der Waals surface area contributed by atoms with Crippen LogP contribution < -0.4 is 19.9 Å². The first-order valence-electron chi connectivity index (χ1n) is 12.3. The lowest BCUT2D eigenvalue weighted by atomic mass is 10.1. The molecule has 1 saturated heterocycles. The lowest BCUT2D eigenvalue weighted by Crippen LogP contribution is -3.10. The highest BCUT2D eigenvalue weighted by atomic mass is 35.5. The van der Waals surface area contributed by atoms with Crippen molar-refractivity contribution in [2.75, 3.05) is 31.1 Å². The summed E-state index contributed by atoms with van der Waals surface area (Å²) >= 11 is 6.02. The zero-order chi connectivity index (χ0) is 24.9. The molecule has 0 atom stereocenters. The van der Waals surface area contributed by atoms with E-state index in [0.29, 0.717) is 29.4 Å². The monoisotopic (exact) mass is 502 g/mol. The third-order valence-corrected chi connectivity index (χ3v) is 6.88. The fourth-order valence-electron chi connectivity index (χ4n) is 4.65. The number of halogens is 1. The summed E-state index contributed by atoms with van der Waals surface area (Å²) in [5.41, 5.74) is 3.06. The van der Waals surface area contributed by atoms with Gasteiger partial charge in [-0.2, -0.15) is 0 Å². The number of para-hydroxylation sites is 2. The summed E-state index contributed by atoms with van der Waals surface area (Å²) in [5, 5.41) is 3.66. The predicted octanol–water partition coefficient (Wildman–Crippen LogP) is 3.72. The Bertz CT molecular complexity index is 1270. The largest absolute Gasteiger partial charge is 0.449 e. The van der Waals surface area contributed by atoms with Crippen LogP contribution in [0.2, 0.25) is 5.02 Å². The van der Waals surface area contributed by atoms with Crippen LogP contribution in [-0.2, 0) is 11.3 Å². The molecule has 6 nitrogen and oxygen atoms in total. The summed E-state index contributed by atoms with van der Waals surface area (Å²) in [4.78, 5) is 29.2. The number of carbonyl (C=O) groups excluding carboxylic acids is 2. The quantitative estimate of drug-likeness (QED) is 0.484. The van der Waals surface area contributed by atoms with Crippen molar-refractivity contribution in [2.45, 2.75) is 19.4 Å². The van der Waals surface area contributed by atoms with E-state index in [4.69, 9.17) is 16.3 Å². The number of carbonyl (C=O) groups is 2. The van der Waals surface area contributed by atoms with Crippen LogP contribution in [0.1, 0.15) is 34.3 Å².